The summed E-state index contributed by atoms with van der Waals surface area (Å²) < 4.78 is 296. The number of hydrogen-bond acceptors (Lipinski definition) is 2. The van der Waals surface area contributed by atoms with Crippen molar-refractivity contribution in [1.29, 1.82) is 0 Å². The molecule has 7 rings (SSSR count). The third-order valence-corrected chi connectivity index (χ3v) is 10.6. The Hall–Kier alpha value is -6.59. The lowest BCUT2D eigenvalue weighted by molar-refractivity contribution is -0.695. The zero-order valence-corrected chi connectivity index (χ0v) is 32.7. The summed E-state index contributed by atoms with van der Waals surface area (Å²) in [5.74, 6) is -71.4. The molecule has 344 valence electrons. The number of nitrogens with zero attached hydrogens (tertiary/aromatic N) is 2. The van der Waals surface area contributed by atoms with Crippen LogP contribution in [-0.2, 0) is 13.0 Å². The van der Waals surface area contributed by atoms with Crippen molar-refractivity contribution in [3.8, 4) is 0 Å². The van der Waals surface area contributed by atoms with E-state index in [1.807, 2.05) is 42.9 Å². The third kappa shape index (κ3) is 7.97. The van der Waals surface area contributed by atoms with Crippen molar-refractivity contribution in [1.82, 2.24) is 4.98 Å². The summed E-state index contributed by atoms with van der Waals surface area (Å²) in [7, 11) is 0. The Morgan fingerprint density at radius 2 is 0.697 bits per heavy atom. The lowest BCUT2D eigenvalue weighted by Gasteiger charge is -2.44. The van der Waals surface area contributed by atoms with Gasteiger partial charge in [0.1, 0.15) is 52.7 Å². The van der Waals surface area contributed by atoms with Crippen molar-refractivity contribution in [3.05, 3.63) is 206 Å². The molecule has 66 heavy (non-hydrogen) atoms. The highest BCUT2D eigenvalue weighted by Crippen LogP contribution is 2.31. The molecule has 0 bridgehead atoms. The molecule has 6 aromatic carbocycles. The number of halogens is 20. The van der Waals surface area contributed by atoms with E-state index in [9.17, 15) is 52.7 Å². The summed E-state index contributed by atoms with van der Waals surface area (Å²) in [6.07, 6.45) is -0.586. The highest BCUT2D eigenvalue weighted by atomic mass is 32.1. The van der Waals surface area contributed by atoms with Gasteiger partial charge < -0.3 is 0 Å². The molecule has 0 aliphatic carbocycles. The molecule has 0 aliphatic heterocycles. The van der Waals surface area contributed by atoms with Gasteiger partial charge in [0.15, 0.2) is 82.5 Å². The summed E-state index contributed by atoms with van der Waals surface area (Å²) in [6.45, 7) is 0.855. The first-order valence-corrected chi connectivity index (χ1v) is 18.3. The molecule has 7 aromatic rings. The van der Waals surface area contributed by atoms with E-state index >= 15 is 35.1 Å². The van der Waals surface area contributed by atoms with Crippen LogP contribution in [0.15, 0.2) is 78.1 Å². The second-order valence-electron chi connectivity index (χ2n) is 13.8. The smallest absolute Gasteiger partial charge is 0.204 e. The molecule has 0 spiro atoms. The molecule has 2 nitrogen and oxygen atoms in total. The summed E-state index contributed by atoms with van der Waals surface area (Å²) in [5.41, 5.74) is -10.6. The Balaban J connectivity index is 0.000000284. The average molecular weight is 972 g/mol. The molecule has 0 N–H and O–H groups in total. The van der Waals surface area contributed by atoms with Crippen molar-refractivity contribution >= 4 is 40.6 Å². The minimum atomic E-state index is -7.22. The summed E-state index contributed by atoms with van der Waals surface area (Å²) in [5, 5.41) is 0. The zero-order valence-electron chi connectivity index (χ0n) is 31.8. The van der Waals surface area contributed by atoms with Crippen LogP contribution in [0.5, 0.6) is 0 Å². The van der Waals surface area contributed by atoms with E-state index in [1.165, 1.54) is 16.8 Å². The van der Waals surface area contributed by atoms with E-state index in [-0.39, 0.29) is 0 Å². The van der Waals surface area contributed by atoms with Gasteiger partial charge in [-0.3, -0.25) is 4.98 Å². The maximum atomic E-state index is 15.4. The second-order valence-corrected chi connectivity index (χ2v) is 14.3. The Bertz CT molecular complexity index is 2680. The van der Waals surface area contributed by atoms with Gasteiger partial charge >= 0.3 is 0 Å². The highest BCUT2D eigenvalue weighted by molar-refractivity contribution is 7.80. The SMILES string of the molecule is Fc1c(F)c(F)c([B-](c2c(F)c(F)c(F)c(F)c2F)(c2c(F)c(F)c(F)c(F)c2F)c2c(F)c(F)c(F)c(F)c2F)c(F)c1F.Sc1ccccc1Cc1cncc[n+]1Cc1ccccc1. The van der Waals surface area contributed by atoms with Gasteiger partial charge in [-0.05, 0) is 11.6 Å². The zero-order chi connectivity index (χ0) is 48.8. The molecular formula is C42H17BF20N2S. The maximum Gasteiger partial charge on any atom is 0.204 e. The number of thiol groups is 1. The minimum absolute atomic E-state index is 0.834. The first-order chi connectivity index (χ1) is 31.0. The summed E-state index contributed by atoms with van der Waals surface area (Å²) >= 11 is 4.53. The van der Waals surface area contributed by atoms with Crippen LogP contribution in [-0.4, -0.2) is 11.1 Å². The van der Waals surface area contributed by atoms with E-state index in [0.29, 0.717) is 0 Å². The normalized spacial score (nSPS) is 11.5. The molecule has 1 heterocycles. The maximum absolute atomic E-state index is 15.4. The van der Waals surface area contributed by atoms with Crippen LogP contribution in [0, 0.1) is 116 Å². The van der Waals surface area contributed by atoms with E-state index in [0.717, 1.165) is 17.9 Å². The molecule has 1 aromatic heterocycles. The molecule has 0 atom stereocenters. The third-order valence-electron chi connectivity index (χ3n) is 10.2. The van der Waals surface area contributed by atoms with Crippen LogP contribution < -0.4 is 26.4 Å². The van der Waals surface area contributed by atoms with Crippen LogP contribution in [0.4, 0.5) is 87.8 Å². The van der Waals surface area contributed by atoms with Crippen LogP contribution >= 0.6 is 12.6 Å². The van der Waals surface area contributed by atoms with Crippen molar-refractivity contribution in [2.75, 3.05) is 0 Å². The fraction of sp³-hybridized carbons (Fsp3) is 0.0476. The van der Waals surface area contributed by atoms with E-state index in [4.69, 9.17) is 0 Å². The van der Waals surface area contributed by atoms with Gasteiger partial charge in [-0.15, -0.1) is 34.5 Å². The predicted molar refractivity (Wildman–Crippen MR) is 196 cm³/mol. The topological polar surface area (TPSA) is 16.8 Å². The van der Waals surface area contributed by atoms with Crippen LogP contribution in [0.3, 0.4) is 0 Å². The standard InChI is InChI=1S/C24BF20.C18H16N2S/c26-5-1(6(27)14(35)21(42)13(5)34)25(2-7(28)15(36)22(43)16(37)8(2)29,3-9(30)17(38)23(44)18(39)10(3)31)4-11(32)19(40)24(45)20(41)12(4)33;21-18-9-5-4-8-16(18)12-17-13-19-10-11-20(17)14-15-6-2-1-3-7-15/h;1-11,13H,12,14H2/q-1;/p+1. The average Bonchev–Trinajstić information content (AvgIpc) is 3.30. The molecular weight excluding hydrogens is 955 g/mol. The molecule has 0 radical (unpaired) electrons. The van der Waals surface area contributed by atoms with Crippen molar-refractivity contribution in [2.45, 2.75) is 17.9 Å². The fourth-order valence-corrected chi connectivity index (χ4v) is 7.47. The van der Waals surface area contributed by atoms with E-state index in [2.05, 4.69) is 52.5 Å². The summed E-state index contributed by atoms with van der Waals surface area (Å²) in [6, 6.07) is 18.7. The van der Waals surface area contributed by atoms with Crippen LogP contribution in [0.25, 0.3) is 0 Å². The van der Waals surface area contributed by atoms with E-state index in [1.54, 1.807) is 0 Å². The second kappa shape index (κ2) is 18.7. The van der Waals surface area contributed by atoms with Gasteiger partial charge in [-0.2, -0.15) is 4.57 Å². The predicted octanol–water partition coefficient (Wildman–Crippen LogP) is 9.14. The number of aromatic nitrogens is 2. The van der Waals surface area contributed by atoms with Gasteiger partial charge in [0, 0.05) is 10.5 Å². The van der Waals surface area contributed by atoms with Gasteiger partial charge in [-0.1, -0.05) is 48.5 Å². The molecule has 24 heteroatoms. The molecule has 0 amide bonds. The van der Waals surface area contributed by atoms with Crippen molar-refractivity contribution < 1.29 is 92.4 Å². The first-order valence-electron chi connectivity index (χ1n) is 17.9. The lowest BCUT2D eigenvalue weighted by atomic mass is 9.12. The quantitative estimate of drug-likeness (QED) is 0.0402. The van der Waals surface area contributed by atoms with Gasteiger partial charge in [0.25, 0.3) is 0 Å². The minimum Gasteiger partial charge on any atom is -0.252 e. The van der Waals surface area contributed by atoms with Crippen LogP contribution in [0.2, 0.25) is 0 Å². The van der Waals surface area contributed by atoms with Gasteiger partial charge in [0.2, 0.25) is 5.69 Å². The Morgan fingerprint density at radius 1 is 0.394 bits per heavy atom. The highest BCUT2D eigenvalue weighted by Gasteiger charge is 2.52. The van der Waals surface area contributed by atoms with E-state index < -0.39 is 144 Å². The largest absolute Gasteiger partial charge is 0.252 e. The molecule has 0 aliphatic rings. The van der Waals surface area contributed by atoms with Gasteiger partial charge in [-0.25, -0.2) is 87.8 Å². The first kappa shape index (κ1) is 48.9. The number of hydrogen-bond donors (Lipinski definition) is 1. The van der Waals surface area contributed by atoms with Gasteiger partial charge in [0.05, 0.1) is 18.8 Å². The number of benzene rings is 6. The van der Waals surface area contributed by atoms with Crippen molar-refractivity contribution in [3.63, 3.8) is 0 Å². The fourth-order valence-electron chi connectivity index (χ4n) is 7.23. The molecule has 0 unspecified atom stereocenters. The lowest BCUT2D eigenvalue weighted by Crippen LogP contribution is -2.81. The monoisotopic (exact) mass is 972 g/mol. The molecule has 0 fully saturated rings. The molecule has 0 saturated heterocycles. The molecule has 0 saturated carbocycles. The summed E-state index contributed by atoms with van der Waals surface area (Å²) in [4.78, 5) is 5.29. The Labute approximate surface area is 361 Å². The number of rotatable bonds is 8. The Morgan fingerprint density at radius 3 is 1.03 bits per heavy atom. The van der Waals surface area contributed by atoms with Crippen molar-refractivity contribution in [2.24, 2.45) is 0 Å². The van der Waals surface area contributed by atoms with Crippen LogP contribution in [0.1, 0.15) is 16.8 Å². The Kier molecular flexibility index (Phi) is 13.9.